The fraction of sp³-hybridized carbons (Fsp3) is 0.231. The van der Waals surface area contributed by atoms with Crippen LogP contribution in [0.4, 0.5) is 5.88 Å². The topological polar surface area (TPSA) is 109 Å². The minimum Gasteiger partial charge on any atom is -0.444 e. The molecule has 1 unspecified atom stereocenters. The van der Waals surface area contributed by atoms with Crippen molar-refractivity contribution in [3.05, 3.63) is 95.3 Å². The predicted molar refractivity (Wildman–Crippen MR) is 130 cm³/mol. The van der Waals surface area contributed by atoms with Gasteiger partial charge in [-0.05, 0) is 60.7 Å². The number of carbonyl (C=O) groups excluding carboxylic acids is 2. The normalized spacial score (nSPS) is 17.3. The fourth-order valence-electron chi connectivity index (χ4n) is 4.62. The summed E-state index contributed by atoms with van der Waals surface area (Å²) < 4.78 is 33.2. The summed E-state index contributed by atoms with van der Waals surface area (Å²) in [5.41, 5.74) is 3.50. The Balaban J connectivity index is 1.26. The van der Waals surface area contributed by atoms with Crippen LogP contribution in [0.3, 0.4) is 0 Å². The zero-order valence-electron chi connectivity index (χ0n) is 19.0. The smallest absolute Gasteiger partial charge is 0.251 e. The number of nitrogens with zero attached hydrogens (tertiary/aromatic N) is 1. The Kier molecular flexibility index (Phi) is 6.04. The summed E-state index contributed by atoms with van der Waals surface area (Å²) in [5, 5.41) is 5.62. The predicted octanol–water partition coefficient (Wildman–Crippen LogP) is 3.92. The van der Waals surface area contributed by atoms with E-state index in [-0.39, 0.29) is 35.8 Å². The Morgan fingerprint density at radius 3 is 2.57 bits per heavy atom. The van der Waals surface area contributed by atoms with E-state index in [1.807, 2.05) is 18.2 Å². The van der Waals surface area contributed by atoms with Gasteiger partial charge in [-0.1, -0.05) is 30.8 Å². The molecule has 2 aliphatic rings. The van der Waals surface area contributed by atoms with Gasteiger partial charge in [-0.2, -0.15) is 4.31 Å². The summed E-state index contributed by atoms with van der Waals surface area (Å²) in [6.07, 6.45) is 4.02. The van der Waals surface area contributed by atoms with E-state index >= 15 is 0 Å². The van der Waals surface area contributed by atoms with Crippen molar-refractivity contribution in [2.24, 2.45) is 0 Å². The molecular formula is C26H25N3O5S. The molecule has 1 aliphatic carbocycles. The lowest BCUT2D eigenvalue weighted by atomic mass is 9.87. The Bertz CT molecular complexity index is 1390. The first-order valence-electron chi connectivity index (χ1n) is 11.4. The summed E-state index contributed by atoms with van der Waals surface area (Å²) in [5.74, 6) is 0.105. The number of aryl methyl sites for hydroxylation is 1. The van der Waals surface area contributed by atoms with Gasteiger partial charge in [0.15, 0.2) is 5.88 Å². The zero-order valence-corrected chi connectivity index (χ0v) is 19.8. The molecule has 0 spiro atoms. The largest absolute Gasteiger partial charge is 0.444 e. The first kappa shape index (κ1) is 23.1. The average Bonchev–Trinajstić information content (AvgIpc) is 3.43. The fourth-order valence-corrected chi connectivity index (χ4v) is 5.99. The second-order valence-electron chi connectivity index (χ2n) is 8.67. The molecule has 0 radical (unpaired) electrons. The highest BCUT2D eigenvalue weighted by atomic mass is 32.2. The number of hydrogen-bond acceptors (Lipinski definition) is 5. The number of hydrogen-bond donors (Lipinski definition) is 2. The molecule has 0 saturated heterocycles. The molecule has 8 nitrogen and oxygen atoms in total. The average molecular weight is 492 g/mol. The number of nitrogens with one attached hydrogen (secondary N) is 2. The highest BCUT2D eigenvalue weighted by Gasteiger charge is 2.33. The van der Waals surface area contributed by atoms with E-state index in [0.717, 1.165) is 30.9 Å². The van der Waals surface area contributed by atoms with Crippen molar-refractivity contribution in [2.45, 2.75) is 43.3 Å². The van der Waals surface area contributed by atoms with Gasteiger partial charge in [0, 0.05) is 23.7 Å². The van der Waals surface area contributed by atoms with Crippen molar-refractivity contribution in [1.82, 2.24) is 9.62 Å². The quantitative estimate of drug-likeness (QED) is 0.508. The molecule has 1 aromatic heterocycles. The Morgan fingerprint density at radius 1 is 1.06 bits per heavy atom. The molecule has 3 aromatic rings. The van der Waals surface area contributed by atoms with Crippen molar-refractivity contribution >= 4 is 27.7 Å². The molecule has 0 saturated carbocycles. The van der Waals surface area contributed by atoms with Crippen LogP contribution in [0.25, 0.3) is 0 Å². The van der Waals surface area contributed by atoms with Gasteiger partial charge in [0.25, 0.3) is 5.91 Å². The van der Waals surface area contributed by atoms with Crippen LogP contribution < -0.4 is 10.6 Å². The molecule has 2 aromatic carbocycles. The van der Waals surface area contributed by atoms with Gasteiger partial charge < -0.3 is 9.73 Å². The van der Waals surface area contributed by atoms with E-state index < -0.39 is 15.9 Å². The molecule has 5 rings (SSSR count). The minimum atomic E-state index is -3.79. The number of carbonyl (C=O) groups is 2. The van der Waals surface area contributed by atoms with Gasteiger partial charge in [-0.15, -0.1) is 0 Å². The standard InChI is InChI=1S/C26H25N3O5S/c1-2-24(30)28-25-14-19-15-29(16-23(19)34-25)35(32,33)20-12-10-18(11-13-20)26(31)27-22-9-5-7-17-6-3-4-8-21(17)22/h2-4,6,8,10-14,22H,1,5,7,9,15-16H2,(H,27,31)(H,28,30). The van der Waals surface area contributed by atoms with Crippen molar-refractivity contribution in [3.63, 3.8) is 0 Å². The molecule has 2 N–H and O–H groups in total. The SMILES string of the molecule is C=CC(=O)Nc1cc2c(o1)CN(S(=O)(=O)c1ccc(C(=O)NC3CCCc4ccccc43)cc1)C2. The molecule has 2 amide bonds. The molecule has 2 heterocycles. The third-order valence-corrected chi connectivity index (χ3v) is 8.23. The molecular weight excluding hydrogens is 466 g/mol. The Labute approximate surface area is 203 Å². The van der Waals surface area contributed by atoms with Crippen LogP contribution in [-0.4, -0.2) is 24.5 Å². The lowest BCUT2D eigenvalue weighted by Gasteiger charge is -2.26. The van der Waals surface area contributed by atoms with Crippen molar-refractivity contribution < 1.29 is 22.4 Å². The Morgan fingerprint density at radius 2 is 1.83 bits per heavy atom. The molecule has 1 aliphatic heterocycles. The first-order valence-corrected chi connectivity index (χ1v) is 12.8. The van der Waals surface area contributed by atoms with E-state index in [0.29, 0.717) is 16.9 Å². The van der Waals surface area contributed by atoms with Crippen molar-refractivity contribution in [3.8, 4) is 0 Å². The van der Waals surface area contributed by atoms with Crippen molar-refractivity contribution in [1.29, 1.82) is 0 Å². The summed E-state index contributed by atoms with van der Waals surface area (Å²) in [4.78, 5) is 24.4. The highest BCUT2D eigenvalue weighted by molar-refractivity contribution is 7.89. The van der Waals surface area contributed by atoms with Crippen LogP contribution in [-0.2, 0) is 34.3 Å². The maximum Gasteiger partial charge on any atom is 0.251 e. The van der Waals surface area contributed by atoms with Gasteiger partial charge in [0.05, 0.1) is 17.5 Å². The van der Waals surface area contributed by atoms with Crippen molar-refractivity contribution in [2.75, 3.05) is 5.32 Å². The zero-order chi connectivity index (χ0) is 24.6. The molecule has 9 heteroatoms. The van der Waals surface area contributed by atoms with E-state index in [9.17, 15) is 18.0 Å². The van der Waals surface area contributed by atoms with Gasteiger partial charge in [0.2, 0.25) is 15.9 Å². The van der Waals surface area contributed by atoms with E-state index in [2.05, 4.69) is 23.3 Å². The molecule has 1 atom stereocenters. The number of benzene rings is 2. The molecule has 180 valence electrons. The third-order valence-electron chi connectivity index (χ3n) is 6.42. The molecule has 0 bridgehead atoms. The highest BCUT2D eigenvalue weighted by Crippen LogP contribution is 2.33. The summed E-state index contributed by atoms with van der Waals surface area (Å²) in [6.45, 7) is 3.58. The Hall–Kier alpha value is -3.69. The molecule has 0 fully saturated rings. The number of amides is 2. The van der Waals surface area contributed by atoms with Gasteiger partial charge in [0.1, 0.15) is 5.76 Å². The maximum absolute atomic E-state index is 13.1. The maximum atomic E-state index is 13.1. The monoisotopic (exact) mass is 491 g/mol. The van der Waals surface area contributed by atoms with Crippen LogP contribution >= 0.6 is 0 Å². The first-order chi connectivity index (χ1) is 16.8. The van der Waals surface area contributed by atoms with Crippen LogP contribution in [0, 0.1) is 0 Å². The number of sulfonamides is 1. The van der Waals surface area contributed by atoms with Crippen LogP contribution in [0.1, 0.15) is 51.7 Å². The number of furan rings is 1. The van der Waals surface area contributed by atoms with Crippen LogP contribution in [0.2, 0.25) is 0 Å². The van der Waals surface area contributed by atoms with Crippen LogP contribution in [0.5, 0.6) is 0 Å². The molecule has 35 heavy (non-hydrogen) atoms. The number of rotatable bonds is 6. The van der Waals surface area contributed by atoms with E-state index in [4.69, 9.17) is 4.42 Å². The van der Waals surface area contributed by atoms with Crippen LogP contribution in [0.15, 0.2) is 76.6 Å². The van der Waals surface area contributed by atoms with Gasteiger partial charge in [-0.3, -0.25) is 14.9 Å². The summed E-state index contributed by atoms with van der Waals surface area (Å²) >= 11 is 0. The summed E-state index contributed by atoms with van der Waals surface area (Å²) in [7, 11) is -3.79. The second kappa shape index (κ2) is 9.16. The second-order valence-corrected chi connectivity index (χ2v) is 10.6. The van der Waals surface area contributed by atoms with E-state index in [1.165, 1.54) is 34.1 Å². The summed E-state index contributed by atoms with van der Waals surface area (Å²) in [6, 6.07) is 15.7. The minimum absolute atomic E-state index is 0.0527. The third kappa shape index (κ3) is 4.52. The van der Waals surface area contributed by atoms with E-state index in [1.54, 1.807) is 6.07 Å². The number of anilines is 1. The van der Waals surface area contributed by atoms with Gasteiger partial charge in [-0.25, -0.2) is 8.42 Å². The van der Waals surface area contributed by atoms with Gasteiger partial charge >= 0.3 is 0 Å². The lowest BCUT2D eigenvalue weighted by molar-refractivity contribution is -0.112. The number of fused-ring (bicyclic) bond motifs is 2. The lowest BCUT2D eigenvalue weighted by Crippen LogP contribution is -2.31.